The molecule has 96 valence electrons. The van der Waals surface area contributed by atoms with Crippen LogP contribution in [0, 0.1) is 11.2 Å². The highest BCUT2D eigenvalue weighted by Gasteiger charge is 2.48. The van der Waals surface area contributed by atoms with Gasteiger partial charge in [0, 0.05) is 25.6 Å². The smallest absolute Gasteiger partial charge is 0.233 e. The maximum atomic E-state index is 13.3. The maximum absolute atomic E-state index is 13.3. The van der Waals surface area contributed by atoms with E-state index in [0.29, 0.717) is 6.54 Å². The highest BCUT2D eigenvalue weighted by molar-refractivity contribution is 6.02. The molecule has 1 aliphatic heterocycles. The molecule has 1 heterocycles. The number of benzene rings is 1. The van der Waals surface area contributed by atoms with Crippen molar-refractivity contribution < 1.29 is 9.18 Å². The molecular weight excluding hydrogens is 231 g/mol. The molecule has 0 saturated heterocycles. The first kappa shape index (κ1) is 11.5. The van der Waals surface area contributed by atoms with Crippen LogP contribution < -0.4 is 9.80 Å². The van der Waals surface area contributed by atoms with Gasteiger partial charge in [0.1, 0.15) is 5.82 Å². The van der Waals surface area contributed by atoms with Crippen LogP contribution in [0.1, 0.15) is 19.8 Å². The number of rotatable bonds is 1. The number of halogens is 1. The van der Waals surface area contributed by atoms with E-state index in [4.69, 9.17) is 0 Å². The van der Waals surface area contributed by atoms with E-state index in [-0.39, 0.29) is 17.1 Å². The lowest BCUT2D eigenvalue weighted by Gasteiger charge is -2.37. The third kappa shape index (κ3) is 1.67. The zero-order valence-electron chi connectivity index (χ0n) is 10.7. The average molecular weight is 248 g/mol. The first-order valence-electron chi connectivity index (χ1n) is 6.34. The second kappa shape index (κ2) is 3.70. The van der Waals surface area contributed by atoms with Gasteiger partial charge in [-0.05, 0) is 31.0 Å². The number of fused-ring (bicyclic) bond motifs is 1. The van der Waals surface area contributed by atoms with Crippen LogP contribution in [-0.2, 0) is 4.79 Å². The molecule has 0 N–H and O–H groups in total. The van der Waals surface area contributed by atoms with Crippen LogP contribution in [0.25, 0.3) is 0 Å². The fourth-order valence-corrected chi connectivity index (χ4v) is 2.46. The quantitative estimate of drug-likeness (QED) is 0.762. The van der Waals surface area contributed by atoms with E-state index < -0.39 is 0 Å². The van der Waals surface area contributed by atoms with Crippen molar-refractivity contribution >= 4 is 17.3 Å². The molecule has 1 saturated carbocycles. The molecule has 1 amide bonds. The van der Waals surface area contributed by atoms with Crippen LogP contribution in [-0.4, -0.2) is 26.0 Å². The van der Waals surface area contributed by atoms with E-state index in [1.165, 1.54) is 12.1 Å². The van der Waals surface area contributed by atoms with E-state index in [0.717, 1.165) is 30.8 Å². The van der Waals surface area contributed by atoms with Crippen molar-refractivity contribution in [2.24, 2.45) is 5.41 Å². The van der Waals surface area contributed by atoms with Gasteiger partial charge in [-0.1, -0.05) is 6.92 Å². The zero-order valence-corrected chi connectivity index (χ0v) is 10.7. The topological polar surface area (TPSA) is 23.6 Å². The van der Waals surface area contributed by atoms with Gasteiger partial charge < -0.3 is 9.80 Å². The van der Waals surface area contributed by atoms with Crippen LogP contribution in [0.15, 0.2) is 18.2 Å². The molecule has 1 aromatic carbocycles. The molecule has 1 aliphatic carbocycles. The van der Waals surface area contributed by atoms with Gasteiger partial charge in [0.25, 0.3) is 0 Å². The van der Waals surface area contributed by atoms with Gasteiger partial charge in [-0.15, -0.1) is 0 Å². The van der Waals surface area contributed by atoms with Crippen molar-refractivity contribution in [1.29, 1.82) is 0 Å². The summed E-state index contributed by atoms with van der Waals surface area (Å²) in [7, 11) is 1.93. The summed E-state index contributed by atoms with van der Waals surface area (Å²) < 4.78 is 13.3. The van der Waals surface area contributed by atoms with Crippen LogP contribution in [0.3, 0.4) is 0 Å². The Balaban J connectivity index is 2.00. The number of nitrogens with zero attached hydrogens (tertiary/aromatic N) is 2. The van der Waals surface area contributed by atoms with Gasteiger partial charge in [-0.25, -0.2) is 4.39 Å². The predicted octanol–water partition coefficient (Wildman–Crippen LogP) is 2.41. The summed E-state index contributed by atoms with van der Waals surface area (Å²) in [6, 6.07) is 4.64. The Bertz CT molecular complexity index is 511. The Morgan fingerprint density at radius 3 is 2.67 bits per heavy atom. The van der Waals surface area contributed by atoms with Crippen molar-refractivity contribution in [1.82, 2.24) is 0 Å². The molecule has 0 bridgehead atoms. The van der Waals surface area contributed by atoms with E-state index >= 15 is 0 Å². The van der Waals surface area contributed by atoms with Gasteiger partial charge >= 0.3 is 0 Å². The number of hydrogen-bond donors (Lipinski definition) is 0. The molecule has 1 aromatic rings. The number of anilines is 2. The molecule has 3 nitrogen and oxygen atoms in total. The molecule has 0 unspecified atom stereocenters. The summed E-state index contributed by atoms with van der Waals surface area (Å²) in [4.78, 5) is 16.3. The minimum Gasteiger partial charge on any atom is -0.371 e. The number of carbonyl (C=O) groups excluding carboxylic acids is 1. The molecule has 3 rings (SSSR count). The van der Waals surface area contributed by atoms with Crippen molar-refractivity contribution in [3.63, 3.8) is 0 Å². The number of amides is 1. The van der Waals surface area contributed by atoms with E-state index in [1.807, 2.05) is 23.8 Å². The highest BCUT2D eigenvalue weighted by Crippen LogP contribution is 2.48. The number of likely N-dealkylation sites (N-methyl/N-ethyl adjacent to an activating group) is 1. The van der Waals surface area contributed by atoms with Crippen LogP contribution in [0.2, 0.25) is 0 Å². The zero-order chi connectivity index (χ0) is 12.9. The van der Waals surface area contributed by atoms with Crippen molar-refractivity contribution in [3.05, 3.63) is 24.0 Å². The Labute approximate surface area is 106 Å². The van der Waals surface area contributed by atoms with E-state index in [2.05, 4.69) is 0 Å². The SMILES string of the molecule is CN1CCN(C(=O)C2(C)CC2)c2ccc(F)cc21. The minimum absolute atomic E-state index is 0.179. The van der Waals surface area contributed by atoms with E-state index in [1.54, 1.807) is 6.07 Å². The monoisotopic (exact) mass is 248 g/mol. The Morgan fingerprint density at radius 2 is 2.00 bits per heavy atom. The first-order chi connectivity index (χ1) is 8.51. The lowest BCUT2D eigenvalue weighted by Crippen LogP contribution is -2.45. The molecule has 4 heteroatoms. The Hall–Kier alpha value is -1.58. The lowest BCUT2D eigenvalue weighted by molar-refractivity contribution is -0.123. The molecule has 0 spiro atoms. The molecule has 0 atom stereocenters. The number of hydrogen-bond acceptors (Lipinski definition) is 2. The largest absolute Gasteiger partial charge is 0.371 e. The third-order valence-corrected chi connectivity index (χ3v) is 4.06. The summed E-state index contributed by atoms with van der Waals surface area (Å²) in [5.41, 5.74) is 1.46. The molecule has 0 radical (unpaired) electrons. The maximum Gasteiger partial charge on any atom is 0.233 e. The van der Waals surface area contributed by atoms with E-state index in [9.17, 15) is 9.18 Å². The third-order valence-electron chi connectivity index (χ3n) is 4.06. The summed E-state index contributed by atoms with van der Waals surface area (Å²) >= 11 is 0. The van der Waals surface area contributed by atoms with Crippen molar-refractivity contribution in [3.8, 4) is 0 Å². The standard InChI is InChI=1S/C14H17FN2O/c1-14(5-6-14)13(18)17-8-7-16(2)12-9-10(15)3-4-11(12)17/h3-4,9H,5-8H2,1-2H3. The predicted molar refractivity (Wildman–Crippen MR) is 69.4 cm³/mol. The molecular formula is C14H17FN2O. The van der Waals surface area contributed by atoms with Gasteiger partial charge in [0.05, 0.1) is 11.4 Å². The van der Waals surface area contributed by atoms with Crippen molar-refractivity contribution in [2.75, 3.05) is 29.9 Å². The summed E-state index contributed by atoms with van der Waals surface area (Å²) in [6.45, 7) is 3.44. The molecule has 18 heavy (non-hydrogen) atoms. The Kier molecular flexibility index (Phi) is 2.37. The minimum atomic E-state index is -0.257. The fourth-order valence-electron chi connectivity index (χ4n) is 2.46. The fraction of sp³-hybridized carbons (Fsp3) is 0.500. The van der Waals surface area contributed by atoms with Gasteiger partial charge in [-0.3, -0.25) is 4.79 Å². The lowest BCUT2D eigenvalue weighted by atomic mass is 10.1. The first-order valence-corrected chi connectivity index (χ1v) is 6.34. The molecule has 0 aromatic heterocycles. The van der Waals surface area contributed by atoms with Crippen LogP contribution >= 0.6 is 0 Å². The van der Waals surface area contributed by atoms with Crippen LogP contribution in [0.5, 0.6) is 0 Å². The van der Waals surface area contributed by atoms with Crippen molar-refractivity contribution in [2.45, 2.75) is 19.8 Å². The molecule has 1 fully saturated rings. The number of carbonyl (C=O) groups is 1. The normalized spacial score (nSPS) is 20.6. The summed E-state index contributed by atoms with van der Waals surface area (Å²) in [5, 5.41) is 0. The molecule has 2 aliphatic rings. The highest BCUT2D eigenvalue weighted by atomic mass is 19.1. The summed E-state index contributed by atoms with van der Waals surface area (Å²) in [5.74, 6) is -0.0732. The second-order valence-electron chi connectivity index (χ2n) is 5.57. The summed E-state index contributed by atoms with van der Waals surface area (Å²) in [6.07, 6.45) is 1.93. The van der Waals surface area contributed by atoms with Crippen LogP contribution in [0.4, 0.5) is 15.8 Å². The second-order valence-corrected chi connectivity index (χ2v) is 5.57. The van der Waals surface area contributed by atoms with Gasteiger partial charge in [0.2, 0.25) is 5.91 Å². The van der Waals surface area contributed by atoms with Gasteiger partial charge in [-0.2, -0.15) is 0 Å². The van der Waals surface area contributed by atoms with Gasteiger partial charge in [0.15, 0.2) is 0 Å². The Morgan fingerprint density at radius 1 is 1.28 bits per heavy atom. The average Bonchev–Trinajstić information content (AvgIpc) is 3.09.